The topological polar surface area (TPSA) is 89.9 Å². The first kappa shape index (κ1) is 21.8. The maximum absolute atomic E-state index is 12.0. The molecular weight excluding hydrogens is 422 g/mol. The van der Waals surface area contributed by atoms with Crippen molar-refractivity contribution < 1.29 is 19.1 Å². The molecule has 3 aromatic rings. The number of carbonyl (C=O) groups excluding carboxylic acids is 2. The van der Waals surface area contributed by atoms with Gasteiger partial charge in [0.2, 0.25) is 0 Å². The molecule has 30 heavy (non-hydrogen) atoms. The predicted molar refractivity (Wildman–Crippen MR) is 119 cm³/mol. The lowest BCUT2D eigenvalue weighted by molar-refractivity contribution is -0.149. The van der Waals surface area contributed by atoms with Crippen molar-refractivity contribution in [3.8, 4) is 5.75 Å². The number of hydrazone groups is 1. The summed E-state index contributed by atoms with van der Waals surface area (Å²) in [5, 5.41) is 3.96. The lowest BCUT2D eigenvalue weighted by Crippen LogP contribution is -2.19. The summed E-state index contributed by atoms with van der Waals surface area (Å²) in [7, 11) is 0. The van der Waals surface area contributed by atoms with Crippen LogP contribution in [0.3, 0.4) is 0 Å². The Hall–Kier alpha value is -2.91. The van der Waals surface area contributed by atoms with E-state index in [1.165, 1.54) is 18.0 Å². The molecule has 0 saturated heterocycles. The van der Waals surface area contributed by atoms with Crippen LogP contribution in [-0.2, 0) is 14.3 Å². The quantitative estimate of drug-likeness (QED) is 0.234. The van der Waals surface area contributed by atoms with E-state index in [2.05, 4.69) is 15.5 Å². The number of fused-ring (bicyclic) bond motifs is 1. The minimum absolute atomic E-state index is 0.145. The summed E-state index contributed by atoms with van der Waals surface area (Å²) in [4.78, 5) is 27.9. The molecule has 0 aliphatic heterocycles. The van der Waals surface area contributed by atoms with Gasteiger partial charge in [0, 0.05) is 0 Å². The number of nitrogens with zero attached hydrogens (tertiary/aromatic N) is 2. The van der Waals surface area contributed by atoms with Gasteiger partial charge >= 0.3 is 5.97 Å². The van der Waals surface area contributed by atoms with Crippen molar-refractivity contribution in [1.29, 1.82) is 0 Å². The van der Waals surface area contributed by atoms with Gasteiger partial charge in [0.1, 0.15) is 5.75 Å². The highest BCUT2D eigenvalue weighted by molar-refractivity contribution is 8.01. The van der Waals surface area contributed by atoms with Gasteiger partial charge in [-0.25, -0.2) is 15.2 Å². The average molecular weight is 444 g/mol. The normalized spacial score (nSPS) is 11.2. The van der Waals surface area contributed by atoms with Crippen LogP contribution in [0.1, 0.15) is 19.4 Å². The number of para-hydroxylation sites is 1. The second kappa shape index (κ2) is 10.7. The molecule has 1 aromatic heterocycles. The third-order valence-corrected chi connectivity index (χ3v) is 5.79. The maximum Gasteiger partial charge on any atom is 0.344 e. The number of carbonyl (C=O) groups is 2. The zero-order chi connectivity index (χ0) is 21.3. The van der Waals surface area contributed by atoms with Crippen molar-refractivity contribution in [2.45, 2.75) is 24.3 Å². The maximum atomic E-state index is 12.0. The molecule has 0 atom stereocenters. The number of ether oxygens (including phenoxy) is 2. The second-order valence-corrected chi connectivity index (χ2v) is 8.68. The molecule has 0 aliphatic rings. The molecule has 0 aliphatic carbocycles. The van der Waals surface area contributed by atoms with Crippen LogP contribution in [0, 0.1) is 0 Å². The van der Waals surface area contributed by atoms with E-state index in [-0.39, 0.29) is 24.4 Å². The van der Waals surface area contributed by atoms with E-state index in [0.717, 1.165) is 20.1 Å². The number of rotatable bonds is 9. The van der Waals surface area contributed by atoms with Gasteiger partial charge in [0.15, 0.2) is 10.9 Å². The molecule has 0 radical (unpaired) electrons. The molecule has 0 unspecified atom stereocenters. The molecule has 9 heteroatoms. The predicted octanol–water partition coefficient (Wildman–Crippen LogP) is 3.87. The number of hydrogen-bond acceptors (Lipinski definition) is 8. The Labute approximate surface area is 182 Å². The summed E-state index contributed by atoms with van der Waals surface area (Å²) in [6.07, 6.45) is 1.37. The number of thiazole rings is 1. The summed E-state index contributed by atoms with van der Waals surface area (Å²) in [5.41, 5.74) is 4.22. The van der Waals surface area contributed by atoms with E-state index in [9.17, 15) is 9.59 Å². The van der Waals surface area contributed by atoms with Gasteiger partial charge in [-0.3, -0.25) is 4.79 Å². The highest BCUT2D eigenvalue weighted by atomic mass is 32.2. The fourth-order valence-electron chi connectivity index (χ4n) is 2.34. The number of hydrogen-bond donors (Lipinski definition) is 1. The summed E-state index contributed by atoms with van der Waals surface area (Å²) in [6.45, 7) is 3.42. The Bertz CT molecular complexity index is 999. The first-order chi connectivity index (χ1) is 14.5. The van der Waals surface area contributed by atoms with Crippen molar-refractivity contribution in [3.05, 3.63) is 54.1 Å². The standard InChI is InChI=1S/C21H21N3O4S2/c1-14(2)28-20(26)12-27-16-9-7-15(8-10-16)11-22-24-19(25)13-29-21-23-17-5-3-4-6-18(17)30-21/h3-11,14H,12-13H2,1-2H3,(H,24,25)/b22-11+. The minimum Gasteiger partial charge on any atom is -0.482 e. The Kier molecular flexibility index (Phi) is 7.81. The molecular formula is C21H21N3O4S2. The van der Waals surface area contributed by atoms with Crippen LogP contribution in [0.25, 0.3) is 10.2 Å². The van der Waals surface area contributed by atoms with Crippen molar-refractivity contribution in [1.82, 2.24) is 10.4 Å². The third-order valence-electron chi connectivity index (χ3n) is 3.61. The first-order valence-electron chi connectivity index (χ1n) is 9.22. The number of thioether (sulfide) groups is 1. The smallest absolute Gasteiger partial charge is 0.344 e. The van der Waals surface area contributed by atoms with Crippen LogP contribution in [0.2, 0.25) is 0 Å². The van der Waals surface area contributed by atoms with Crippen molar-refractivity contribution >= 4 is 51.4 Å². The van der Waals surface area contributed by atoms with Crippen LogP contribution in [-0.4, -0.2) is 41.5 Å². The Balaban J connectivity index is 1.40. The number of aromatic nitrogens is 1. The van der Waals surface area contributed by atoms with Gasteiger partial charge in [0.05, 0.1) is 28.3 Å². The largest absolute Gasteiger partial charge is 0.482 e. The van der Waals surface area contributed by atoms with Crippen LogP contribution < -0.4 is 10.2 Å². The first-order valence-corrected chi connectivity index (χ1v) is 11.0. The lowest BCUT2D eigenvalue weighted by Gasteiger charge is -2.09. The summed E-state index contributed by atoms with van der Waals surface area (Å²) < 4.78 is 12.3. The molecule has 0 saturated carbocycles. The molecule has 0 spiro atoms. The van der Waals surface area contributed by atoms with Gasteiger partial charge in [-0.1, -0.05) is 23.9 Å². The molecule has 0 fully saturated rings. The van der Waals surface area contributed by atoms with Crippen LogP contribution in [0.4, 0.5) is 0 Å². The fourth-order valence-corrected chi connectivity index (χ4v) is 4.20. The van der Waals surface area contributed by atoms with E-state index >= 15 is 0 Å². The third kappa shape index (κ3) is 6.85. The monoisotopic (exact) mass is 443 g/mol. The molecule has 3 rings (SSSR count). The van der Waals surface area contributed by atoms with E-state index in [1.54, 1.807) is 49.4 Å². The van der Waals surface area contributed by atoms with E-state index < -0.39 is 5.97 Å². The zero-order valence-electron chi connectivity index (χ0n) is 16.5. The molecule has 1 heterocycles. The molecule has 0 bridgehead atoms. The second-order valence-electron chi connectivity index (χ2n) is 6.43. The SMILES string of the molecule is CC(C)OC(=O)COc1ccc(/C=N/NC(=O)CSc2nc3ccccc3s2)cc1. The Morgan fingerprint density at radius 3 is 2.70 bits per heavy atom. The minimum atomic E-state index is -0.415. The van der Waals surface area contributed by atoms with Gasteiger partial charge in [-0.05, 0) is 55.8 Å². The van der Waals surface area contributed by atoms with Gasteiger partial charge in [0.25, 0.3) is 5.91 Å². The number of benzene rings is 2. The zero-order valence-corrected chi connectivity index (χ0v) is 18.2. The van der Waals surface area contributed by atoms with E-state index in [1.807, 2.05) is 24.3 Å². The Morgan fingerprint density at radius 1 is 1.20 bits per heavy atom. The highest BCUT2D eigenvalue weighted by Crippen LogP contribution is 2.28. The summed E-state index contributed by atoms with van der Waals surface area (Å²) in [6, 6.07) is 14.9. The van der Waals surface area contributed by atoms with Crippen LogP contribution >= 0.6 is 23.1 Å². The Morgan fingerprint density at radius 2 is 1.97 bits per heavy atom. The van der Waals surface area contributed by atoms with Crippen molar-refractivity contribution in [2.75, 3.05) is 12.4 Å². The molecule has 7 nitrogen and oxygen atoms in total. The number of esters is 1. The fraction of sp³-hybridized carbons (Fsp3) is 0.238. The van der Waals surface area contributed by atoms with Gasteiger partial charge in [-0.15, -0.1) is 11.3 Å². The van der Waals surface area contributed by atoms with E-state index in [0.29, 0.717) is 5.75 Å². The van der Waals surface area contributed by atoms with Crippen molar-refractivity contribution in [3.63, 3.8) is 0 Å². The molecule has 156 valence electrons. The molecule has 2 aromatic carbocycles. The number of amides is 1. The van der Waals surface area contributed by atoms with Crippen LogP contribution in [0.5, 0.6) is 5.75 Å². The average Bonchev–Trinajstić information content (AvgIpc) is 3.14. The van der Waals surface area contributed by atoms with Gasteiger partial charge < -0.3 is 9.47 Å². The molecule has 1 N–H and O–H groups in total. The number of nitrogens with one attached hydrogen (secondary N) is 1. The van der Waals surface area contributed by atoms with Crippen molar-refractivity contribution in [2.24, 2.45) is 5.10 Å². The highest BCUT2D eigenvalue weighted by Gasteiger charge is 2.08. The molecule has 1 amide bonds. The summed E-state index contributed by atoms with van der Waals surface area (Å²) in [5.74, 6) is 0.154. The van der Waals surface area contributed by atoms with Crippen LogP contribution in [0.15, 0.2) is 58.0 Å². The van der Waals surface area contributed by atoms with E-state index in [4.69, 9.17) is 9.47 Å². The van der Waals surface area contributed by atoms with Gasteiger partial charge in [-0.2, -0.15) is 5.10 Å². The lowest BCUT2D eigenvalue weighted by atomic mass is 10.2. The summed E-state index contributed by atoms with van der Waals surface area (Å²) >= 11 is 2.94.